The molecule has 2 aromatic carbocycles. The molecule has 0 fully saturated rings. The molecule has 3 heterocycles. The van der Waals surface area contributed by atoms with Crippen LogP contribution in [0, 0.1) is 6.92 Å². The Kier molecular flexibility index (Phi) is 7.28. The van der Waals surface area contributed by atoms with Crippen molar-refractivity contribution in [3.63, 3.8) is 0 Å². The summed E-state index contributed by atoms with van der Waals surface area (Å²) in [7, 11) is 0. The number of rotatable bonds is 9. The summed E-state index contributed by atoms with van der Waals surface area (Å²) in [5.74, 6) is 1.17. The van der Waals surface area contributed by atoms with E-state index < -0.39 is 0 Å². The number of Topliss-reactive ketones (excluding diaryl/α,β-unsaturated/α-hetero) is 1. The topological polar surface area (TPSA) is 123 Å². The quantitative estimate of drug-likeness (QED) is 0.142. The lowest BCUT2D eigenvalue weighted by atomic mass is 10.0. The van der Waals surface area contributed by atoms with E-state index >= 15 is 0 Å². The van der Waals surface area contributed by atoms with Crippen LogP contribution in [0.4, 0.5) is 23.1 Å². The number of nitrogen functional groups attached to an aromatic ring is 1. The Morgan fingerprint density at radius 1 is 1.03 bits per heavy atom. The van der Waals surface area contributed by atoms with Gasteiger partial charge in [0.15, 0.2) is 5.78 Å². The maximum Gasteiger partial charge on any atom is 0.259 e. The van der Waals surface area contributed by atoms with Gasteiger partial charge >= 0.3 is 0 Å². The highest BCUT2D eigenvalue weighted by Crippen LogP contribution is 2.31. The minimum Gasteiger partial charge on any atom is -0.382 e. The normalized spacial score (nSPS) is 11.1. The zero-order valence-corrected chi connectivity index (χ0v) is 22.1. The third-order valence-electron chi connectivity index (χ3n) is 6.33. The van der Waals surface area contributed by atoms with E-state index in [1.165, 1.54) is 17.7 Å². The van der Waals surface area contributed by atoms with Gasteiger partial charge in [-0.3, -0.25) is 9.59 Å². The molecular formula is C29H28N6O2S. The van der Waals surface area contributed by atoms with Gasteiger partial charge in [-0.25, -0.2) is 15.0 Å². The number of nitrogens with one attached hydrogen (secondary N) is 2. The number of hydrogen-bond acceptors (Lipinski definition) is 8. The molecule has 8 nitrogen and oxygen atoms in total. The van der Waals surface area contributed by atoms with Crippen LogP contribution in [-0.2, 0) is 0 Å². The number of nitrogens with two attached hydrogens (primary N) is 1. The number of fused-ring (bicyclic) bond motifs is 2. The average Bonchev–Trinajstić information content (AvgIpc) is 3.35. The van der Waals surface area contributed by atoms with Gasteiger partial charge < -0.3 is 16.4 Å². The standard InChI is InChI=1S/C29H28N6O2S/c1-3-4-5-6-23(36)18-8-10-20(11-9-18)33-24-14-19-13-17(2)7-12-21(19)28(34-24)35-29(37)22-15-38-26-25(22)31-16-32-27(26)30/h7-16H,3-6H2,1-2H3,(H2,30,31,32)(H2,33,34,35,37). The Morgan fingerprint density at radius 2 is 1.84 bits per heavy atom. The minimum absolute atomic E-state index is 0.155. The van der Waals surface area contributed by atoms with Crippen molar-refractivity contribution in [3.05, 3.63) is 76.9 Å². The van der Waals surface area contributed by atoms with E-state index in [1.807, 2.05) is 55.5 Å². The number of unbranched alkanes of at least 4 members (excludes halogenated alkanes) is 2. The molecule has 192 valence electrons. The molecule has 0 unspecified atom stereocenters. The molecule has 0 radical (unpaired) electrons. The van der Waals surface area contributed by atoms with E-state index in [4.69, 9.17) is 10.7 Å². The van der Waals surface area contributed by atoms with Gasteiger partial charge in [-0.2, -0.15) is 0 Å². The number of carbonyl (C=O) groups is 2. The van der Waals surface area contributed by atoms with E-state index in [1.54, 1.807) is 5.38 Å². The van der Waals surface area contributed by atoms with Gasteiger partial charge in [0, 0.05) is 28.4 Å². The molecule has 4 N–H and O–H groups in total. The molecule has 1 amide bonds. The fourth-order valence-electron chi connectivity index (χ4n) is 4.31. The number of hydrogen-bond donors (Lipinski definition) is 3. The lowest BCUT2D eigenvalue weighted by Gasteiger charge is -2.13. The smallest absolute Gasteiger partial charge is 0.259 e. The van der Waals surface area contributed by atoms with E-state index in [-0.39, 0.29) is 11.7 Å². The Balaban J connectivity index is 1.42. The van der Waals surface area contributed by atoms with Crippen molar-refractivity contribution < 1.29 is 9.59 Å². The highest BCUT2D eigenvalue weighted by molar-refractivity contribution is 7.18. The second-order valence-electron chi connectivity index (χ2n) is 9.20. The number of aryl methyl sites for hydroxylation is 1. The third-order valence-corrected chi connectivity index (χ3v) is 7.32. The lowest BCUT2D eigenvalue weighted by molar-refractivity contribution is 0.0978. The zero-order valence-electron chi connectivity index (χ0n) is 21.2. The number of nitrogens with zero attached hydrogens (tertiary/aromatic N) is 3. The number of aromatic nitrogens is 3. The summed E-state index contributed by atoms with van der Waals surface area (Å²) in [4.78, 5) is 38.7. The number of amides is 1. The van der Waals surface area contributed by atoms with Crippen LogP contribution < -0.4 is 16.4 Å². The molecular weight excluding hydrogens is 496 g/mol. The number of carbonyl (C=O) groups excluding carboxylic acids is 2. The van der Waals surface area contributed by atoms with E-state index in [0.29, 0.717) is 45.2 Å². The van der Waals surface area contributed by atoms with Gasteiger partial charge in [0.05, 0.1) is 15.8 Å². The van der Waals surface area contributed by atoms with Crippen LogP contribution in [0.3, 0.4) is 0 Å². The fourth-order valence-corrected chi connectivity index (χ4v) is 5.21. The molecule has 0 saturated heterocycles. The first-order chi connectivity index (χ1) is 18.4. The Hall–Kier alpha value is -4.37. The second-order valence-corrected chi connectivity index (χ2v) is 10.1. The zero-order chi connectivity index (χ0) is 26.6. The first-order valence-electron chi connectivity index (χ1n) is 12.5. The summed E-state index contributed by atoms with van der Waals surface area (Å²) in [6.45, 7) is 4.14. The van der Waals surface area contributed by atoms with Crippen LogP contribution in [0.25, 0.3) is 21.0 Å². The molecule has 0 aliphatic carbocycles. The first kappa shape index (κ1) is 25.3. The van der Waals surface area contributed by atoms with Crippen LogP contribution in [0.5, 0.6) is 0 Å². The molecule has 0 bridgehead atoms. The molecule has 3 aromatic heterocycles. The predicted molar refractivity (Wildman–Crippen MR) is 154 cm³/mol. The Labute approximate surface area is 224 Å². The van der Waals surface area contributed by atoms with Crippen molar-refractivity contribution >= 4 is 67.2 Å². The molecule has 5 rings (SSSR count). The fraction of sp³-hybridized carbons (Fsp3) is 0.207. The van der Waals surface area contributed by atoms with Crippen molar-refractivity contribution in [3.8, 4) is 0 Å². The Bertz CT molecular complexity index is 1650. The van der Waals surface area contributed by atoms with Gasteiger partial charge in [0.25, 0.3) is 5.91 Å². The second kappa shape index (κ2) is 10.9. The minimum atomic E-state index is -0.327. The number of benzene rings is 2. The molecule has 9 heteroatoms. The molecule has 5 aromatic rings. The SMILES string of the molecule is CCCCCC(=O)c1ccc(Nc2cc3cc(C)ccc3c(NC(=O)c3csc4c(N)ncnc34)n2)cc1. The van der Waals surface area contributed by atoms with Crippen molar-refractivity contribution in [1.29, 1.82) is 0 Å². The highest BCUT2D eigenvalue weighted by Gasteiger charge is 2.18. The van der Waals surface area contributed by atoms with E-state index in [0.717, 1.165) is 41.3 Å². The summed E-state index contributed by atoms with van der Waals surface area (Å²) < 4.78 is 0.675. The number of pyridine rings is 1. The molecule has 0 atom stereocenters. The van der Waals surface area contributed by atoms with Crippen molar-refractivity contribution in [2.75, 3.05) is 16.4 Å². The lowest BCUT2D eigenvalue weighted by Crippen LogP contribution is -2.14. The van der Waals surface area contributed by atoms with Gasteiger partial charge in [-0.15, -0.1) is 11.3 Å². The molecule has 0 aliphatic heterocycles. The summed E-state index contributed by atoms with van der Waals surface area (Å²) in [5, 5.41) is 9.75. The molecule has 38 heavy (non-hydrogen) atoms. The maximum atomic E-state index is 13.3. The highest BCUT2D eigenvalue weighted by atomic mass is 32.1. The summed E-state index contributed by atoms with van der Waals surface area (Å²) >= 11 is 1.33. The predicted octanol–water partition coefficient (Wildman–Crippen LogP) is 6.89. The average molecular weight is 525 g/mol. The van der Waals surface area contributed by atoms with E-state index in [9.17, 15) is 9.59 Å². The van der Waals surface area contributed by atoms with Crippen LogP contribution in [0.1, 0.15) is 58.9 Å². The van der Waals surface area contributed by atoms with Crippen molar-refractivity contribution in [1.82, 2.24) is 15.0 Å². The summed E-state index contributed by atoms with van der Waals surface area (Å²) in [6, 6.07) is 15.3. The molecule has 0 aliphatic rings. The van der Waals surface area contributed by atoms with Gasteiger partial charge in [-0.05, 0) is 49.1 Å². The van der Waals surface area contributed by atoms with Crippen LogP contribution in [-0.4, -0.2) is 26.6 Å². The van der Waals surface area contributed by atoms with Gasteiger partial charge in [-0.1, -0.05) is 43.5 Å². The molecule has 0 saturated carbocycles. The number of anilines is 4. The van der Waals surface area contributed by atoms with E-state index in [2.05, 4.69) is 27.5 Å². The van der Waals surface area contributed by atoms with Crippen LogP contribution >= 0.6 is 11.3 Å². The van der Waals surface area contributed by atoms with Crippen LogP contribution in [0.15, 0.2) is 60.2 Å². The van der Waals surface area contributed by atoms with Crippen molar-refractivity contribution in [2.45, 2.75) is 39.5 Å². The molecule has 0 spiro atoms. The van der Waals surface area contributed by atoms with Crippen LogP contribution in [0.2, 0.25) is 0 Å². The number of thiophene rings is 1. The van der Waals surface area contributed by atoms with Crippen molar-refractivity contribution in [2.24, 2.45) is 0 Å². The maximum absolute atomic E-state index is 13.3. The third kappa shape index (κ3) is 5.33. The summed E-state index contributed by atoms with van der Waals surface area (Å²) in [5.41, 5.74) is 9.46. The Morgan fingerprint density at radius 3 is 2.63 bits per heavy atom. The largest absolute Gasteiger partial charge is 0.382 e. The van der Waals surface area contributed by atoms with Gasteiger partial charge in [0.1, 0.15) is 23.8 Å². The first-order valence-corrected chi connectivity index (χ1v) is 13.4. The van der Waals surface area contributed by atoms with Gasteiger partial charge in [0.2, 0.25) is 0 Å². The summed E-state index contributed by atoms with van der Waals surface area (Å²) in [6.07, 6.45) is 4.97. The monoisotopic (exact) mass is 524 g/mol. The number of ketones is 1.